The Balaban J connectivity index is 2.50. The van der Waals surface area contributed by atoms with Gasteiger partial charge in [0, 0.05) is 29.4 Å². The van der Waals surface area contributed by atoms with Gasteiger partial charge in [0.05, 0.1) is 0 Å². The highest BCUT2D eigenvalue weighted by Crippen LogP contribution is 2.45. The van der Waals surface area contributed by atoms with E-state index in [1.165, 1.54) is 5.56 Å². The van der Waals surface area contributed by atoms with Gasteiger partial charge in [-0.05, 0) is 64.3 Å². The fourth-order valence-corrected chi connectivity index (χ4v) is 3.89. The highest BCUT2D eigenvalue weighted by molar-refractivity contribution is 5.61. The minimum absolute atomic E-state index is 0.0657. The fraction of sp³-hybridized carbons (Fsp3) is 0.667. The number of hydrogen-bond donors (Lipinski definition) is 1. The van der Waals surface area contributed by atoms with E-state index in [1.54, 1.807) is 6.07 Å². The molecule has 0 bridgehead atoms. The van der Waals surface area contributed by atoms with E-state index in [9.17, 15) is 4.39 Å². The lowest BCUT2D eigenvalue weighted by atomic mass is 9.78. The largest absolute Gasteiger partial charge is 0.364 e. The van der Waals surface area contributed by atoms with E-state index in [1.807, 2.05) is 6.92 Å². The zero-order valence-corrected chi connectivity index (χ0v) is 14.3. The van der Waals surface area contributed by atoms with Crippen LogP contribution in [-0.2, 0) is 6.54 Å². The van der Waals surface area contributed by atoms with Gasteiger partial charge in [0.25, 0.3) is 0 Å². The molecule has 1 heterocycles. The van der Waals surface area contributed by atoms with Crippen molar-refractivity contribution in [2.75, 3.05) is 11.4 Å². The Morgan fingerprint density at radius 3 is 2.62 bits per heavy atom. The average Bonchev–Trinajstić information content (AvgIpc) is 2.35. The monoisotopic (exact) mass is 292 g/mol. The standard InChI is InChI=1S/C18H29FN2/c1-7-20-11-14-8-15-13(4)10-18(5,6)21(12(2)3)17(15)9-16(14)19/h8-9,12-13,20H,7,10-11H2,1-6H3/t13-/m1/s1. The predicted molar refractivity (Wildman–Crippen MR) is 88.5 cm³/mol. The molecular weight excluding hydrogens is 263 g/mol. The van der Waals surface area contributed by atoms with Crippen molar-refractivity contribution >= 4 is 5.69 Å². The Kier molecular flexibility index (Phi) is 4.62. The number of benzene rings is 1. The number of nitrogens with zero attached hydrogens (tertiary/aromatic N) is 1. The molecule has 1 N–H and O–H groups in total. The van der Waals surface area contributed by atoms with Crippen molar-refractivity contribution in [1.29, 1.82) is 0 Å². The molecular formula is C18H29FN2. The summed E-state index contributed by atoms with van der Waals surface area (Å²) >= 11 is 0. The lowest BCUT2D eigenvalue weighted by Crippen LogP contribution is -2.52. The summed E-state index contributed by atoms with van der Waals surface area (Å²) in [5.74, 6) is 0.372. The Bertz CT molecular complexity index is 508. The molecule has 0 aliphatic carbocycles. The van der Waals surface area contributed by atoms with Crippen molar-refractivity contribution in [3.8, 4) is 0 Å². The predicted octanol–water partition coefficient (Wildman–Crippen LogP) is 4.44. The number of halogens is 1. The number of anilines is 1. The van der Waals surface area contributed by atoms with E-state index >= 15 is 0 Å². The average molecular weight is 292 g/mol. The van der Waals surface area contributed by atoms with Crippen molar-refractivity contribution in [1.82, 2.24) is 5.32 Å². The molecule has 0 fully saturated rings. The van der Waals surface area contributed by atoms with Gasteiger partial charge in [-0.1, -0.05) is 13.8 Å². The van der Waals surface area contributed by atoms with Crippen LogP contribution in [0.15, 0.2) is 12.1 Å². The fourth-order valence-electron chi connectivity index (χ4n) is 3.89. The molecule has 0 unspecified atom stereocenters. The van der Waals surface area contributed by atoms with Gasteiger partial charge in [0.15, 0.2) is 0 Å². The van der Waals surface area contributed by atoms with E-state index in [0.717, 1.165) is 24.2 Å². The summed E-state index contributed by atoms with van der Waals surface area (Å²) in [5.41, 5.74) is 3.21. The van der Waals surface area contributed by atoms with Crippen molar-refractivity contribution in [2.24, 2.45) is 0 Å². The van der Waals surface area contributed by atoms with Gasteiger partial charge in [-0.3, -0.25) is 0 Å². The second-order valence-corrected chi connectivity index (χ2v) is 7.16. The highest BCUT2D eigenvalue weighted by atomic mass is 19.1. The molecule has 118 valence electrons. The molecule has 0 spiro atoms. The molecule has 21 heavy (non-hydrogen) atoms. The van der Waals surface area contributed by atoms with Gasteiger partial charge in [-0.2, -0.15) is 0 Å². The number of rotatable bonds is 4. The summed E-state index contributed by atoms with van der Waals surface area (Å²) in [5, 5.41) is 3.22. The van der Waals surface area contributed by atoms with Crippen molar-refractivity contribution in [3.63, 3.8) is 0 Å². The van der Waals surface area contributed by atoms with Crippen LogP contribution in [0.3, 0.4) is 0 Å². The minimum Gasteiger partial charge on any atom is -0.364 e. The normalized spacial score (nSPS) is 20.8. The molecule has 0 saturated carbocycles. The third-order valence-corrected chi connectivity index (χ3v) is 4.53. The smallest absolute Gasteiger partial charge is 0.129 e. The molecule has 1 aliphatic rings. The third kappa shape index (κ3) is 3.08. The minimum atomic E-state index is -0.0924. The SMILES string of the molecule is CCNCc1cc2c(cc1F)N(C(C)C)C(C)(C)C[C@H]2C. The first-order valence-corrected chi connectivity index (χ1v) is 8.10. The molecule has 1 aromatic carbocycles. The summed E-state index contributed by atoms with van der Waals surface area (Å²) in [6, 6.07) is 4.19. The lowest BCUT2D eigenvalue weighted by molar-refractivity contribution is 0.354. The van der Waals surface area contributed by atoms with Crippen molar-refractivity contribution in [2.45, 2.75) is 72.0 Å². The van der Waals surface area contributed by atoms with Crippen LogP contribution in [-0.4, -0.2) is 18.1 Å². The molecule has 2 nitrogen and oxygen atoms in total. The Morgan fingerprint density at radius 1 is 1.38 bits per heavy atom. The molecule has 2 rings (SSSR count). The quantitative estimate of drug-likeness (QED) is 0.883. The maximum Gasteiger partial charge on any atom is 0.129 e. The topological polar surface area (TPSA) is 15.3 Å². The molecule has 3 heteroatoms. The van der Waals surface area contributed by atoms with Crippen LogP contribution in [0, 0.1) is 5.82 Å². The van der Waals surface area contributed by atoms with Gasteiger partial charge in [0.1, 0.15) is 5.82 Å². The van der Waals surface area contributed by atoms with Crippen LogP contribution in [0.2, 0.25) is 0 Å². The second-order valence-electron chi connectivity index (χ2n) is 7.16. The molecule has 1 aromatic rings. The van der Waals surface area contributed by atoms with Gasteiger partial charge < -0.3 is 10.2 Å². The Morgan fingerprint density at radius 2 is 2.05 bits per heavy atom. The molecule has 1 aliphatic heterocycles. The number of hydrogen-bond acceptors (Lipinski definition) is 2. The van der Waals surface area contributed by atoms with E-state index in [2.05, 4.69) is 50.9 Å². The molecule has 0 saturated heterocycles. The zero-order chi connectivity index (χ0) is 15.8. The van der Waals surface area contributed by atoms with Crippen LogP contribution in [0.4, 0.5) is 10.1 Å². The summed E-state index contributed by atoms with van der Waals surface area (Å²) in [6.07, 6.45) is 1.10. The molecule has 1 atom stereocenters. The first kappa shape index (κ1) is 16.3. The summed E-state index contributed by atoms with van der Waals surface area (Å²) in [7, 11) is 0. The van der Waals surface area contributed by atoms with Crippen molar-refractivity contribution in [3.05, 3.63) is 29.1 Å². The molecule has 0 radical (unpaired) electrons. The summed E-state index contributed by atoms with van der Waals surface area (Å²) < 4.78 is 14.4. The molecule has 0 aromatic heterocycles. The van der Waals surface area contributed by atoms with E-state index in [0.29, 0.717) is 18.5 Å². The van der Waals surface area contributed by atoms with Gasteiger partial charge in [-0.15, -0.1) is 0 Å². The first-order valence-electron chi connectivity index (χ1n) is 8.10. The summed E-state index contributed by atoms with van der Waals surface area (Å²) in [6.45, 7) is 14.7. The lowest BCUT2D eigenvalue weighted by Gasteiger charge is -2.50. The van der Waals surface area contributed by atoms with Gasteiger partial charge in [-0.25, -0.2) is 4.39 Å². The summed E-state index contributed by atoms with van der Waals surface area (Å²) in [4.78, 5) is 2.38. The second kappa shape index (κ2) is 5.96. The zero-order valence-electron chi connectivity index (χ0n) is 14.3. The van der Waals surface area contributed by atoms with E-state index in [4.69, 9.17) is 0 Å². The highest BCUT2D eigenvalue weighted by Gasteiger charge is 2.38. The van der Waals surface area contributed by atoms with Gasteiger partial charge in [0.2, 0.25) is 0 Å². The molecule has 0 amide bonds. The third-order valence-electron chi connectivity index (χ3n) is 4.53. The maximum absolute atomic E-state index is 14.4. The number of nitrogens with one attached hydrogen (secondary N) is 1. The first-order chi connectivity index (χ1) is 9.77. The van der Waals surface area contributed by atoms with E-state index < -0.39 is 0 Å². The number of fused-ring (bicyclic) bond motifs is 1. The van der Waals surface area contributed by atoms with Crippen LogP contribution in [0.1, 0.15) is 65.0 Å². The van der Waals surface area contributed by atoms with Gasteiger partial charge >= 0.3 is 0 Å². The Hall–Kier alpha value is -1.09. The van der Waals surface area contributed by atoms with Crippen LogP contribution < -0.4 is 10.2 Å². The van der Waals surface area contributed by atoms with Crippen LogP contribution in [0.25, 0.3) is 0 Å². The Labute approximate surface area is 128 Å². The van der Waals surface area contributed by atoms with Crippen LogP contribution in [0.5, 0.6) is 0 Å². The van der Waals surface area contributed by atoms with Crippen LogP contribution >= 0.6 is 0 Å². The van der Waals surface area contributed by atoms with Crippen molar-refractivity contribution < 1.29 is 4.39 Å². The van der Waals surface area contributed by atoms with E-state index in [-0.39, 0.29) is 11.4 Å². The maximum atomic E-state index is 14.4.